The molecule has 0 unspecified atom stereocenters. The Bertz CT molecular complexity index is 492. The minimum absolute atomic E-state index is 0.0416. The summed E-state index contributed by atoms with van der Waals surface area (Å²) in [5, 5.41) is 3.39. The lowest BCUT2D eigenvalue weighted by molar-refractivity contribution is 0.0781. The van der Waals surface area contributed by atoms with Gasteiger partial charge in [0, 0.05) is 25.2 Å². The van der Waals surface area contributed by atoms with E-state index in [0.29, 0.717) is 25.0 Å². The lowest BCUT2D eigenvalue weighted by Crippen LogP contribution is -2.41. The summed E-state index contributed by atoms with van der Waals surface area (Å²) < 4.78 is 26.5. The molecule has 2 aliphatic heterocycles. The normalized spacial score (nSPS) is 26.3. The number of nitrogens with one attached hydrogen (secondary N) is 1. The number of nitrogens with zero attached hydrogens (tertiary/aromatic N) is 1. The first kappa shape index (κ1) is 12.5. The van der Waals surface area contributed by atoms with E-state index in [1.807, 2.05) is 0 Å². The van der Waals surface area contributed by atoms with Gasteiger partial charge in [0.2, 0.25) is 0 Å². The molecule has 2 heterocycles. The van der Waals surface area contributed by atoms with E-state index in [0.717, 1.165) is 31.5 Å². The first-order valence-corrected chi connectivity index (χ1v) is 6.63. The van der Waals surface area contributed by atoms with E-state index in [4.69, 9.17) is 0 Å². The van der Waals surface area contributed by atoms with Crippen molar-refractivity contribution in [1.29, 1.82) is 0 Å². The maximum absolute atomic E-state index is 13.6. The minimum Gasteiger partial charge on any atom is -0.337 e. The molecule has 2 atom stereocenters. The van der Waals surface area contributed by atoms with Crippen LogP contribution in [0.4, 0.5) is 8.78 Å². The highest BCUT2D eigenvalue weighted by Gasteiger charge is 2.37. The molecular weight excluding hydrogens is 250 g/mol. The van der Waals surface area contributed by atoms with E-state index >= 15 is 0 Å². The Morgan fingerprint density at radius 2 is 2.16 bits per heavy atom. The fraction of sp³-hybridized carbons (Fsp3) is 0.500. The van der Waals surface area contributed by atoms with Crippen LogP contribution in [0.3, 0.4) is 0 Å². The number of halogens is 2. The van der Waals surface area contributed by atoms with Crippen LogP contribution in [0.2, 0.25) is 0 Å². The molecule has 102 valence electrons. The molecule has 0 aromatic heterocycles. The van der Waals surface area contributed by atoms with Crippen LogP contribution in [-0.4, -0.2) is 36.5 Å². The predicted octanol–water partition coefficient (Wildman–Crippen LogP) is 1.79. The summed E-state index contributed by atoms with van der Waals surface area (Å²) in [6.07, 6.45) is 2.22. The van der Waals surface area contributed by atoms with Crippen LogP contribution in [0.15, 0.2) is 18.2 Å². The van der Waals surface area contributed by atoms with Gasteiger partial charge in [-0.15, -0.1) is 0 Å². The molecule has 0 radical (unpaired) electrons. The standard InChI is InChI=1S/C14H16F2N2O/c15-10-3-4-11(12(16)6-10)14(19)18-7-9-2-1-5-17-13(9)8-18/h3-4,6,9,13,17H,1-2,5,7-8H2/t9-,13+/m0/s1. The number of carbonyl (C=O) groups excluding carboxylic acids is 1. The summed E-state index contributed by atoms with van der Waals surface area (Å²) in [7, 11) is 0. The zero-order valence-electron chi connectivity index (χ0n) is 10.5. The van der Waals surface area contributed by atoms with Crippen LogP contribution in [-0.2, 0) is 0 Å². The summed E-state index contributed by atoms with van der Waals surface area (Å²) in [6.45, 7) is 2.25. The summed E-state index contributed by atoms with van der Waals surface area (Å²) in [5.41, 5.74) is -0.0416. The molecule has 1 N–H and O–H groups in total. The Morgan fingerprint density at radius 1 is 1.32 bits per heavy atom. The van der Waals surface area contributed by atoms with Crippen molar-refractivity contribution in [2.24, 2.45) is 5.92 Å². The van der Waals surface area contributed by atoms with Crippen molar-refractivity contribution in [2.45, 2.75) is 18.9 Å². The van der Waals surface area contributed by atoms with E-state index in [1.54, 1.807) is 4.90 Å². The number of hydrogen-bond acceptors (Lipinski definition) is 2. The lowest BCUT2D eigenvalue weighted by Gasteiger charge is -2.24. The molecule has 0 bridgehead atoms. The highest BCUT2D eigenvalue weighted by molar-refractivity contribution is 5.94. The molecule has 2 saturated heterocycles. The topological polar surface area (TPSA) is 32.3 Å². The van der Waals surface area contributed by atoms with Crippen molar-refractivity contribution in [3.63, 3.8) is 0 Å². The molecule has 2 aliphatic rings. The van der Waals surface area contributed by atoms with E-state index in [-0.39, 0.29) is 11.5 Å². The van der Waals surface area contributed by atoms with Crippen molar-refractivity contribution in [2.75, 3.05) is 19.6 Å². The number of rotatable bonds is 1. The van der Waals surface area contributed by atoms with Gasteiger partial charge in [-0.2, -0.15) is 0 Å². The van der Waals surface area contributed by atoms with Crippen molar-refractivity contribution in [3.8, 4) is 0 Å². The quantitative estimate of drug-likeness (QED) is 0.840. The van der Waals surface area contributed by atoms with Gasteiger partial charge in [-0.3, -0.25) is 4.79 Å². The van der Waals surface area contributed by atoms with Gasteiger partial charge in [-0.05, 0) is 37.4 Å². The van der Waals surface area contributed by atoms with Gasteiger partial charge in [0.1, 0.15) is 11.6 Å². The van der Waals surface area contributed by atoms with E-state index < -0.39 is 11.6 Å². The predicted molar refractivity (Wildman–Crippen MR) is 66.8 cm³/mol. The molecule has 2 fully saturated rings. The third-order valence-corrected chi connectivity index (χ3v) is 4.05. The van der Waals surface area contributed by atoms with Crippen LogP contribution >= 0.6 is 0 Å². The monoisotopic (exact) mass is 266 g/mol. The Balaban J connectivity index is 1.77. The largest absolute Gasteiger partial charge is 0.337 e. The smallest absolute Gasteiger partial charge is 0.256 e. The fourth-order valence-corrected chi connectivity index (χ4v) is 3.05. The third kappa shape index (κ3) is 2.34. The third-order valence-electron chi connectivity index (χ3n) is 4.05. The van der Waals surface area contributed by atoms with Crippen LogP contribution in [0.5, 0.6) is 0 Å². The van der Waals surface area contributed by atoms with Crippen molar-refractivity contribution in [3.05, 3.63) is 35.4 Å². The average Bonchev–Trinajstić information content (AvgIpc) is 2.81. The number of likely N-dealkylation sites (tertiary alicyclic amines) is 1. The molecule has 0 saturated carbocycles. The molecule has 1 aromatic carbocycles. The first-order valence-electron chi connectivity index (χ1n) is 6.63. The van der Waals surface area contributed by atoms with Crippen LogP contribution < -0.4 is 5.32 Å². The number of piperidine rings is 1. The first-order chi connectivity index (χ1) is 9.15. The number of carbonyl (C=O) groups is 1. The number of benzene rings is 1. The molecule has 1 aromatic rings. The summed E-state index contributed by atoms with van der Waals surface area (Å²) in [5.74, 6) is -1.33. The molecule has 19 heavy (non-hydrogen) atoms. The SMILES string of the molecule is O=C(c1ccc(F)cc1F)N1C[C@@H]2CCCN[C@@H]2C1. The van der Waals surface area contributed by atoms with Crippen LogP contribution in [0.1, 0.15) is 23.2 Å². The maximum atomic E-state index is 13.6. The summed E-state index contributed by atoms with van der Waals surface area (Å²) in [6, 6.07) is 3.43. The van der Waals surface area contributed by atoms with Gasteiger partial charge in [-0.1, -0.05) is 0 Å². The van der Waals surface area contributed by atoms with E-state index in [9.17, 15) is 13.6 Å². The summed E-state index contributed by atoms with van der Waals surface area (Å²) >= 11 is 0. The molecule has 1 amide bonds. The van der Waals surface area contributed by atoms with Gasteiger partial charge in [0.15, 0.2) is 0 Å². The van der Waals surface area contributed by atoms with Gasteiger partial charge < -0.3 is 10.2 Å². The van der Waals surface area contributed by atoms with E-state index in [2.05, 4.69) is 5.32 Å². The molecule has 0 aliphatic carbocycles. The molecule has 0 spiro atoms. The number of amides is 1. The van der Waals surface area contributed by atoms with Crippen LogP contribution in [0.25, 0.3) is 0 Å². The number of fused-ring (bicyclic) bond motifs is 1. The van der Waals surface area contributed by atoms with Crippen LogP contribution in [0, 0.1) is 17.6 Å². The second-order valence-corrected chi connectivity index (χ2v) is 5.30. The Hall–Kier alpha value is -1.49. The Morgan fingerprint density at radius 3 is 2.89 bits per heavy atom. The Labute approximate surface area is 110 Å². The minimum atomic E-state index is -0.784. The highest BCUT2D eigenvalue weighted by Crippen LogP contribution is 2.26. The zero-order chi connectivity index (χ0) is 13.4. The number of hydrogen-bond donors (Lipinski definition) is 1. The fourth-order valence-electron chi connectivity index (χ4n) is 3.05. The maximum Gasteiger partial charge on any atom is 0.256 e. The van der Waals surface area contributed by atoms with Crippen molar-refractivity contribution >= 4 is 5.91 Å². The van der Waals surface area contributed by atoms with Crippen molar-refractivity contribution in [1.82, 2.24) is 10.2 Å². The second-order valence-electron chi connectivity index (χ2n) is 5.30. The van der Waals surface area contributed by atoms with Gasteiger partial charge in [0.05, 0.1) is 5.56 Å². The van der Waals surface area contributed by atoms with Gasteiger partial charge >= 0.3 is 0 Å². The van der Waals surface area contributed by atoms with Crippen molar-refractivity contribution < 1.29 is 13.6 Å². The van der Waals surface area contributed by atoms with Gasteiger partial charge in [-0.25, -0.2) is 8.78 Å². The summed E-state index contributed by atoms with van der Waals surface area (Å²) in [4.78, 5) is 13.9. The molecule has 5 heteroatoms. The van der Waals surface area contributed by atoms with Gasteiger partial charge in [0.25, 0.3) is 5.91 Å². The molecular formula is C14H16F2N2O. The molecule has 3 nitrogen and oxygen atoms in total. The average molecular weight is 266 g/mol. The highest BCUT2D eigenvalue weighted by atomic mass is 19.1. The second kappa shape index (κ2) is 4.89. The Kier molecular flexibility index (Phi) is 3.22. The zero-order valence-corrected chi connectivity index (χ0v) is 10.5. The van der Waals surface area contributed by atoms with E-state index in [1.165, 1.54) is 6.07 Å². The lowest BCUT2D eigenvalue weighted by atomic mass is 9.94. The molecule has 3 rings (SSSR count).